The van der Waals surface area contributed by atoms with Crippen LogP contribution in [0, 0.1) is 11.8 Å². The van der Waals surface area contributed by atoms with E-state index in [4.69, 9.17) is 0 Å². The van der Waals surface area contributed by atoms with Gasteiger partial charge in [-0.2, -0.15) is 0 Å². The Morgan fingerprint density at radius 3 is 2.12 bits per heavy atom. The van der Waals surface area contributed by atoms with Gasteiger partial charge in [0.05, 0.1) is 0 Å². The van der Waals surface area contributed by atoms with E-state index in [0.29, 0.717) is 0 Å². The van der Waals surface area contributed by atoms with Crippen LogP contribution in [0.3, 0.4) is 0 Å². The summed E-state index contributed by atoms with van der Waals surface area (Å²) in [5.41, 5.74) is 0. The molecule has 0 aromatic carbocycles. The lowest BCUT2D eigenvalue weighted by molar-refractivity contribution is 0.570. The first-order valence-corrected chi connectivity index (χ1v) is 6.58. The highest BCUT2D eigenvalue weighted by atomic mass is 15.2. The first kappa shape index (κ1) is 15.3. The summed E-state index contributed by atoms with van der Waals surface area (Å²) in [6.07, 6.45) is 2.34. The molecule has 0 aliphatic carbocycles. The maximum absolute atomic E-state index is 4.54. The van der Waals surface area contributed by atoms with Crippen LogP contribution in [0.1, 0.15) is 47.5 Å². The third-order valence-corrected chi connectivity index (χ3v) is 2.33. The molecule has 0 unspecified atom stereocenters. The smallest absolute Gasteiger partial charge is 0.191 e. The van der Waals surface area contributed by atoms with Gasteiger partial charge in [-0.3, -0.25) is 4.99 Å². The number of nitrogens with one attached hydrogen (secondary N) is 2. The van der Waals surface area contributed by atoms with Gasteiger partial charge in [0.2, 0.25) is 0 Å². The Morgan fingerprint density at radius 2 is 1.62 bits per heavy atom. The maximum atomic E-state index is 4.54. The summed E-state index contributed by atoms with van der Waals surface area (Å²) >= 11 is 0. The average molecular weight is 227 g/mol. The molecule has 0 rings (SSSR count). The fraction of sp³-hybridized carbons (Fsp3) is 0.923. The lowest BCUT2D eigenvalue weighted by atomic mass is 10.1. The molecular formula is C13H29N3. The molecule has 96 valence electrons. The second-order valence-corrected chi connectivity index (χ2v) is 5.05. The standard InChI is InChI=1S/C13H29N3/c1-6-14-13(15-9-7-11(2)3)16-10-8-12(4)5/h11-12H,6-10H2,1-5H3,(H2,14,15,16). The summed E-state index contributed by atoms with van der Waals surface area (Å²) < 4.78 is 0. The molecule has 0 saturated heterocycles. The van der Waals surface area contributed by atoms with E-state index in [1.165, 1.54) is 6.42 Å². The van der Waals surface area contributed by atoms with Gasteiger partial charge in [-0.15, -0.1) is 0 Å². The number of rotatable bonds is 7. The summed E-state index contributed by atoms with van der Waals surface area (Å²) in [6.45, 7) is 13.9. The number of hydrogen-bond acceptors (Lipinski definition) is 1. The van der Waals surface area contributed by atoms with Crippen molar-refractivity contribution < 1.29 is 0 Å². The van der Waals surface area contributed by atoms with Crippen molar-refractivity contribution in [3.8, 4) is 0 Å². The number of guanidine groups is 1. The highest BCUT2D eigenvalue weighted by Crippen LogP contribution is 1.99. The molecule has 0 atom stereocenters. The minimum atomic E-state index is 0.724. The van der Waals surface area contributed by atoms with E-state index < -0.39 is 0 Å². The van der Waals surface area contributed by atoms with Crippen molar-refractivity contribution in [2.75, 3.05) is 19.6 Å². The fourth-order valence-electron chi connectivity index (χ4n) is 1.26. The third-order valence-electron chi connectivity index (χ3n) is 2.33. The van der Waals surface area contributed by atoms with Gasteiger partial charge in [0.15, 0.2) is 5.96 Å². The minimum Gasteiger partial charge on any atom is -0.357 e. The molecule has 0 aliphatic heterocycles. The van der Waals surface area contributed by atoms with E-state index in [-0.39, 0.29) is 0 Å². The van der Waals surface area contributed by atoms with Gasteiger partial charge in [-0.1, -0.05) is 27.7 Å². The van der Waals surface area contributed by atoms with Crippen LogP contribution in [0.25, 0.3) is 0 Å². The van der Waals surface area contributed by atoms with Crippen LogP contribution in [0.4, 0.5) is 0 Å². The van der Waals surface area contributed by atoms with E-state index in [1.807, 2.05) is 0 Å². The van der Waals surface area contributed by atoms with Gasteiger partial charge in [0.1, 0.15) is 0 Å². The van der Waals surface area contributed by atoms with Crippen molar-refractivity contribution in [1.82, 2.24) is 10.6 Å². The Hall–Kier alpha value is -0.730. The van der Waals surface area contributed by atoms with Gasteiger partial charge in [-0.25, -0.2) is 0 Å². The zero-order valence-electron chi connectivity index (χ0n) is 11.6. The van der Waals surface area contributed by atoms with Gasteiger partial charge in [0, 0.05) is 19.6 Å². The lowest BCUT2D eigenvalue weighted by Gasteiger charge is -2.12. The van der Waals surface area contributed by atoms with Crippen LogP contribution in [0.15, 0.2) is 4.99 Å². The second kappa shape index (κ2) is 9.49. The second-order valence-electron chi connectivity index (χ2n) is 5.05. The first-order chi connectivity index (χ1) is 7.56. The SMILES string of the molecule is CCNC(=NCCC(C)C)NCCC(C)C. The Kier molecular flexibility index (Phi) is 9.06. The zero-order valence-corrected chi connectivity index (χ0v) is 11.6. The summed E-state index contributed by atoms with van der Waals surface area (Å²) in [7, 11) is 0. The predicted octanol–water partition coefficient (Wildman–Crippen LogP) is 2.63. The highest BCUT2D eigenvalue weighted by molar-refractivity contribution is 5.79. The molecule has 3 nitrogen and oxygen atoms in total. The van der Waals surface area contributed by atoms with Crippen molar-refractivity contribution in [3.63, 3.8) is 0 Å². The predicted molar refractivity (Wildman–Crippen MR) is 72.9 cm³/mol. The van der Waals surface area contributed by atoms with Crippen LogP contribution in [0.2, 0.25) is 0 Å². The largest absolute Gasteiger partial charge is 0.357 e. The van der Waals surface area contributed by atoms with E-state index >= 15 is 0 Å². The van der Waals surface area contributed by atoms with Crippen molar-refractivity contribution >= 4 is 5.96 Å². The first-order valence-electron chi connectivity index (χ1n) is 6.58. The molecule has 0 radical (unpaired) electrons. The zero-order chi connectivity index (χ0) is 12.4. The van der Waals surface area contributed by atoms with E-state index in [2.05, 4.69) is 50.2 Å². The number of hydrogen-bond donors (Lipinski definition) is 2. The summed E-state index contributed by atoms with van der Waals surface area (Å²) in [5.74, 6) is 2.43. The van der Waals surface area contributed by atoms with Crippen LogP contribution in [0.5, 0.6) is 0 Å². The molecule has 0 fully saturated rings. The number of aliphatic imine (C=N–C) groups is 1. The van der Waals surface area contributed by atoms with E-state index in [0.717, 1.165) is 43.9 Å². The van der Waals surface area contributed by atoms with Gasteiger partial charge >= 0.3 is 0 Å². The van der Waals surface area contributed by atoms with Gasteiger partial charge in [-0.05, 0) is 31.6 Å². The summed E-state index contributed by atoms with van der Waals surface area (Å²) in [4.78, 5) is 4.54. The Morgan fingerprint density at radius 1 is 1.00 bits per heavy atom. The molecule has 0 saturated carbocycles. The molecule has 0 aliphatic rings. The van der Waals surface area contributed by atoms with E-state index in [9.17, 15) is 0 Å². The minimum absolute atomic E-state index is 0.724. The van der Waals surface area contributed by atoms with Crippen molar-refractivity contribution in [2.24, 2.45) is 16.8 Å². The molecule has 16 heavy (non-hydrogen) atoms. The molecule has 0 aromatic rings. The quantitative estimate of drug-likeness (QED) is 0.518. The molecular weight excluding hydrogens is 198 g/mol. The fourth-order valence-corrected chi connectivity index (χ4v) is 1.26. The summed E-state index contributed by atoms with van der Waals surface area (Å²) in [5, 5.41) is 6.63. The molecule has 0 bridgehead atoms. The average Bonchev–Trinajstić information content (AvgIpc) is 2.16. The topological polar surface area (TPSA) is 36.4 Å². The molecule has 0 amide bonds. The Bertz CT molecular complexity index is 186. The maximum Gasteiger partial charge on any atom is 0.191 e. The molecule has 0 heterocycles. The third kappa shape index (κ3) is 9.81. The van der Waals surface area contributed by atoms with E-state index in [1.54, 1.807) is 0 Å². The lowest BCUT2D eigenvalue weighted by Crippen LogP contribution is -2.38. The monoisotopic (exact) mass is 227 g/mol. The normalized spacial score (nSPS) is 12.3. The van der Waals surface area contributed by atoms with Crippen LogP contribution in [-0.2, 0) is 0 Å². The van der Waals surface area contributed by atoms with Crippen LogP contribution in [-0.4, -0.2) is 25.6 Å². The van der Waals surface area contributed by atoms with Gasteiger partial charge in [0.25, 0.3) is 0 Å². The van der Waals surface area contributed by atoms with Crippen LogP contribution >= 0.6 is 0 Å². The summed E-state index contributed by atoms with van der Waals surface area (Å²) in [6, 6.07) is 0. The van der Waals surface area contributed by atoms with Crippen LogP contribution < -0.4 is 10.6 Å². The Labute approximate surface area is 101 Å². The van der Waals surface area contributed by atoms with Crippen molar-refractivity contribution in [1.29, 1.82) is 0 Å². The molecule has 3 heteroatoms. The van der Waals surface area contributed by atoms with Crippen molar-refractivity contribution in [3.05, 3.63) is 0 Å². The Balaban J connectivity index is 3.85. The van der Waals surface area contributed by atoms with Gasteiger partial charge < -0.3 is 10.6 Å². The molecule has 0 aromatic heterocycles. The highest BCUT2D eigenvalue weighted by Gasteiger charge is 1.98. The number of nitrogens with zero attached hydrogens (tertiary/aromatic N) is 1. The van der Waals surface area contributed by atoms with Crippen molar-refractivity contribution in [2.45, 2.75) is 47.5 Å². The molecule has 2 N–H and O–H groups in total. The molecule has 0 spiro atoms.